The second-order valence-electron chi connectivity index (χ2n) is 4.22. The monoisotopic (exact) mass is 293 g/mol. The van der Waals surface area contributed by atoms with E-state index in [1.54, 1.807) is 13.0 Å². The average molecular weight is 293 g/mol. The summed E-state index contributed by atoms with van der Waals surface area (Å²) in [6, 6.07) is 5.71. The molecule has 8 heteroatoms. The smallest absolute Gasteiger partial charge is 0.259 e. The first kappa shape index (κ1) is 14.0. The zero-order chi connectivity index (χ0) is 14.9. The molecule has 2 amide bonds. The molecule has 0 fully saturated rings. The maximum Gasteiger partial charge on any atom is 0.259 e. The molecule has 1 aliphatic heterocycles. The zero-order valence-electron chi connectivity index (χ0n) is 10.5. The third kappa shape index (κ3) is 2.35. The zero-order valence-corrected chi connectivity index (χ0v) is 11.3. The second kappa shape index (κ2) is 4.94. The van der Waals surface area contributed by atoms with E-state index in [2.05, 4.69) is 10.0 Å². The van der Waals surface area contributed by atoms with E-state index in [0.29, 0.717) is 0 Å². The van der Waals surface area contributed by atoms with E-state index in [9.17, 15) is 18.0 Å². The van der Waals surface area contributed by atoms with Gasteiger partial charge in [0.15, 0.2) is 5.25 Å². The molecule has 104 valence electrons. The first-order valence-electron chi connectivity index (χ1n) is 5.80. The first-order valence-corrected chi connectivity index (χ1v) is 7.34. The second-order valence-corrected chi connectivity index (χ2v) is 6.08. The number of nitriles is 1. The highest BCUT2D eigenvalue weighted by Crippen LogP contribution is 2.22. The number of hydrogen-bond acceptors (Lipinski definition) is 5. The van der Waals surface area contributed by atoms with Gasteiger partial charge in [-0.2, -0.15) is 5.26 Å². The highest BCUT2D eigenvalue weighted by atomic mass is 32.2. The van der Waals surface area contributed by atoms with Gasteiger partial charge in [0.2, 0.25) is 10.0 Å². The van der Waals surface area contributed by atoms with Gasteiger partial charge in [-0.1, -0.05) is 6.92 Å². The van der Waals surface area contributed by atoms with Crippen molar-refractivity contribution in [1.82, 2.24) is 5.32 Å². The van der Waals surface area contributed by atoms with Crippen LogP contribution >= 0.6 is 0 Å². The molecule has 0 radical (unpaired) electrons. The number of carbonyl (C=O) groups is 2. The number of imide groups is 1. The summed E-state index contributed by atoms with van der Waals surface area (Å²) in [7, 11) is -3.85. The first-order chi connectivity index (χ1) is 9.39. The highest BCUT2D eigenvalue weighted by molar-refractivity contribution is 7.93. The summed E-state index contributed by atoms with van der Waals surface area (Å²) in [5.41, 5.74) is 0.452. The molecule has 0 saturated carbocycles. The van der Waals surface area contributed by atoms with E-state index in [1.165, 1.54) is 18.2 Å². The van der Waals surface area contributed by atoms with Gasteiger partial charge < -0.3 is 0 Å². The van der Waals surface area contributed by atoms with Gasteiger partial charge in [-0.05, 0) is 24.6 Å². The minimum atomic E-state index is -3.85. The van der Waals surface area contributed by atoms with Gasteiger partial charge in [-0.15, -0.1) is 0 Å². The van der Waals surface area contributed by atoms with E-state index >= 15 is 0 Å². The van der Waals surface area contributed by atoms with Crippen molar-refractivity contribution < 1.29 is 18.0 Å². The molecule has 1 aliphatic rings. The van der Waals surface area contributed by atoms with Gasteiger partial charge in [0, 0.05) is 5.69 Å². The summed E-state index contributed by atoms with van der Waals surface area (Å²) in [4.78, 5) is 22.8. The number of amides is 2. The van der Waals surface area contributed by atoms with Crippen LogP contribution in [-0.2, 0) is 10.0 Å². The third-order valence-corrected chi connectivity index (χ3v) is 4.59. The van der Waals surface area contributed by atoms with Crippen LogP contribution in [-0.4, -0.2) is 25.5 Å². The molecule has 0 saturated heterocycles. The van der Waals surface area contributed by atoms with Crippen molar-refractivity contribution in [2.45, 2.75) is 18.6 Å². The summed E-state index contributed by atoms with van der Waals surface area (Å²) in [5.74, 6) is -1.08. The predicted octanol–water partition coefficient (Wildman–Crippen LogP) is 0.614. The van der Waals surface area contributed by atoms with Crippen LogP contribution in [0.25, 0.3) is 0 Å². The normalized spacial score (nSPS) is 15.2. The van der Waals surface area contributed by atoms with Crippen LogP contribution in [0.4, 0.5) is 5.69 Å². The van der Waals surface area contributed by atoms with Gasteiger partial charge in [-0.3, -0.25) is 19.6 Å². The van der Waals surface area contributed by atoms with Crippen molar-refractivity contribution in [3.05, 3.63) is 29.3 Å². The number of benzene rings is 1. The molecule has 2 N–H and O–H groups in total. The van der Waals surface area contributed by atoms with Crippen molar-refractivity contribution in [3.63, 3.8) is 0 Å². The Morgan fingerprint density at radius 2 is 1.95 bits per heavy atom. The fourth-order valence-corrected chi connectivity index (χ4v) is 3.02. The maximum atomic E-state index is 11.9. The number of anilines is 1. The molecule has 1 unspecified atom stereocenters. The number of carbonyl (C=O) groups excluding carboxylic acids is 2. The molecule has 0 aromatic heterocycles. The maximum absolute atomic E-state index is 11.9. The Kier molecular flexibility index (Phi) is 3.46. The minimum Gasteiger partial charge on any atom is -0.288 e. The number of hydrogen-bond donors (Lipinski definition) is 2. The quantitative estimate of drug-likeness (QED) is 0.789. The Labute approximate surface area is 115 Å². The average Bonchev–Trinajstić information content (AvgIpc) is 2.65. The van der Waals surface area contributed by atoms with Gasteiger partial charge in [0.1, 0.15) is 0 Å². The van der Waals surface area contributed by atoms with Gasteiger partial charge in [0.05, 0.1) is 17.2 Å². The van der Waals surface area contributed by atoms with Crippen LogP contribution in [0.1, 0.15) is 34.1 Å². The molecule has 7 nitrogen and oxygen atoms in total. The number of nitrogens with one attached hydrogen (secondary N) is 2. The van der Waals surface area contributed by atoms with E-state index in [4.69, 9.17) is 5.26 Å². The van der Waals surface area contributed by atoms with Crippen molar-refractivity contribution in [1.29, 1.82) is 5.26 Å². The molecular formula is C12H11N3O4S. The summed E-state index contributed by atoms with van der Waals surface area (Å²) in [6.45, 7) is 1.59. The molecule has 0 spiro atoms. The SMILES string of the molecule is CCC(C#N)S(=O)(=O)Nc1ccc2c(c1)C(=O)NC2=O. The molecule has 0 aliphatic carbocycles. The van der Waals surface area contributed by atoms with Gasteiger partial charge in [-0.25, -0.2) is 8.42 Å². The van der Waals surface area contributed by atoms with Crippen LogP contribution in [0.15, 0.2) is 18.2 Å². The molecule has 1 atom stereocenters. The molecule has 20 heavy (non-hydrogen) atoms. The Morgan fingerprint density at radius 1 is 1.30 bits per heavy atom. The van der Waals surface area contributed by atoms with Crippen LogP contribution in [0.5, 0.6) is 0 Å². The lowest BCUT2D eigenvalue weighted by molar-refractivity contribution is 0.0879. The third-order valence-electron chi connectivity index (χ3n) is 2.89. The van der Waals surface area contributed by atoms with Gasteiger partial charge >= 0.3 is 0 Å². The molecule has 1 aromatic rings. The van der Waals surface area contributed by atoms with E-state index in [0.717, 1.165) is 0 Å². The van der Waals surface area contributed by atoms with Crippen molar-refractivity contribution in [3.8, 4) is 6.07 Å². The number of fused-ring (bicyclic) bond motifs is 1. The number of rotatable bonds is 4. The number of nitrogens with zero attached hydrogens (tertiary/aromatic N) is 1. The van der Waals surface area contributed by atoms with Crippen LogP contribution < -0.4 is 10.0 Å². The van der Waals surface area contributed by atoms with E-state index < -0.39 is 27.1 Å². The summed E-state index contributed by atoms with van der Waals surface area (Å²) in [6.07, 6.45) is 0.149. The van der Waals surface area contributed by atoms with Crippen LogP contribution in [0.2, 0.25) is 0 Å². The molecule has 1 heterocycles. The summed E-state index contributed by atoms with van der Waals surface area (Å²) >= 11 is 0. The molecular weight excluding hydrogens is 282 g/mol. The predicted molar refractivity (Wildman–Crippen MR) is 70.5 cm³/mol. The van der Waals surface area contributed by atoms with Crippen LogP contribution in [0, 0.1) is 11.3 Å². The summed E-state index contributed by atoms with van der Waals surface area (Å²) < 4.78 is 26.1. The fraction of sp³-hybridized carbons (Fsp3) is 0.250. The molecule has 0 bridgehead atoms. The van der Waals surface area contributed by atoms with Gasteiger partial charge in [0.25, 0.3) is 11.8 Å². The lowest BCUT2D eigenvalue weighted by Crippen LogP contribution is -2.26. The van der Waals surface area contributed by atoms with E-state index in [-0.39, 0.29) is 23.2 Å². The lowest BCUT2D eigenvalue weighted by atomic mass is 10.1. The Balaban J connectivity index is 2.34. The van der Waals surface area contributed by atoms with Crippen LogP contribution in [0.3, 0.4) is 0 Å². The topological polar surface area (TPSA) is 116 Å². The highest BCUT2D eigenvalue weighted by Gasteiger charge is 2.28. The minimum absolute atomic E-state index is 0.111. The Hall–Kier alpha value is -2.40. The summed E-state index contributed by atoms with van der Waals surface area (Å²) in [5, 5.41) is 9.73. The van der Waals surface area contributed by atoms with Crippen molar-refractivity contribution >= 4 is 27.5 Å². The van der Waals surface area contributed by atoms with Crippen molar-refractivity contribution in [2.75, 3.05) is 4.72 Å². The molecule has 2 rings (SSSR count). The largest absolute Gasteiger partial charge is 0.288 e. The van der Waals surface area contributed by atoms with Crippen molar-refractivity contribution in [2.24, 2.45) is 0 Å². The Bertz CT molecular complexity index is 734. The van der Waals surface area contributed by atoms with E-state index in [1.807, 2.05) is 0 Å². The fourth-order valence-electron chi connectivity index (χ4n) is 1.85. The molecule has 1 aromatic carbocycles. The standard InChI is InChI=1S/C12H11N3O4S/c1-2-8(6-13)20(18,19)15-7-3-4-9-10(5-7)12(17)14-11(9)16/h3-5,8,15H,2H2,1H3,(H,14,16,17). The number of sulfonamides is 1. The lowest BCUT2D eigenvalue weighted by Gasteiger charge is -2.11. The Morgan fingerprint density at radius 3 is 2.55 bits per heavy atom.